The first-order chi connectivity index (χ1) is 14.7. The van der Waals surface area contributed by atoms with Gasteiger partial charge in [-0.3, -0.25) is 14.2 Å². The normalized spacial score (nSPS) is 12.2. The van der Waals surface area contributed by atoms with Gasteiger partial charge in [-0.25, -0.2) is 0 Å². The molecule has 2 amide bonds. The number of hydrogen-bond donors (Lipinski definition) is 2. The smallest absolute Gasteiger partial charge is 0.304 e. The highest BCUT2D eigenvalue weighted by atomic mass is 16.5. The van der Waals surface area contributed by atoms with Crippen LogP contribution in [0.25, 0.3) is 10.8 Å². The van der Waals surface area contributed by atoms with Crippen LogP contribution in [0, 0.1) is 13.8 Å². The molecule has 0 saturated carbocycles. The molecule has 0 saturated heterocycles. The highest BCUT2D eigenvalue weighted by molar-refractivity contribution is 6.02. The molecule has 2 aromatic carbocycles. The molecule has 0 spiro atoms. The fourth-order valence-electron chi connectivity index (χ4n) is 3.08. The molecule has 0 aliphatic heterocycles. The van der Waals surface area contributed by atoms with Gasteiger partial charge in [-0.15, -0.1) is 16.8 Å². The molecule has 0 aliphatic carbocycles. The summed E-state index contributed by atoms with van der Waals surface area (Å²) in [7, 11) is 0. The van der Waals surface area contributed by atoms with Crippen LogP contribution in [0.15, 0.2) is 59.3 Å². The maximum absolute atomic E-state index is 12.4. The maximum atomic E-state index is 12.4. The lowest BCUT2D eigenvalue weighted by atomic mass is 10.1. The Balaban J connectivity index is 1.76. The Bertz CT molecular complexity index is 1210. The number of fused-ring (bicyclic) bond motifs is 1. The fraction of sp³-hybridized carbons (Fsp3) is 0.217. The van der Waals surface area contributed by atoms with Gasteiger partial charge in [-0.2, -0.15) is 0 Å². The van der Waals surface area contributed by atoms with Crippen molar-refractivity contribution in [1.82, 2.24) is 4.57 Å². The second kappa shape index (κ2) is 8.83. The van der Waals surface area contributed by atoms with Crippen molar-refractivity contribution in [2.75, 3.05) is 0 Å². The van der Waals surface area contributed by atoms with E-state index in [-0.39, 0.29) is 29.3 Å². The molecule has 0 aliphatic rings. The zero-order chi connectivity index (χ0) is 22.7. The van der Waals surface area contributed by atoms with Gasteiger partial charge in [0.2, 0.25) is 11.8 Å². The summed E-state index contributed by atoms with van der Waals surface area (Å²) < 4.78 is 6.91. The number of azo groups is 1. The number of allylic oxidation sites excluding steroid dienone is 1. The van der Waals surface area contributed by atoms with Crippen molar-refractivity contribution in [2.45, 2.75) is 33.4 Å². The number of aryl methyl sites for hydroxylation is 1. The largest absolute Gasteiger partial charge is 0.494 e. The molecule has 1 aromatic heterocycles. The third-order valence-corrected chi connectivity index (χ3v) is 5.02. The lowest BCUT2D eigenvalue weighted by Crippen LogP contribution is -2.22. The molecule has 0 fully saturated rings. The SMILES string of the molecule is C=CCn1c(O)c2ccc(C(=O)N=NC(=O)[C@H](C)Oc3cccc(C)c3C)cc2c1O. The van der Waals surface area contributed by atoms with Crippen LogP contribution in [0.2, 0.25) is 0 Å². The number of carbonyl (C=O) groups excluding carboxylic acids is 2. The van der Waals surface area contributed by atoms with E-state index in [0.717, 1.165) is 11.1 Å². The molecule has 3 aromatic rings. The minimum absolute atomic E-state index is 0.109. The zero-order valence-corrected chi connectivity index (χ0v) is 17.5. The van der Waals surface area contributed by atoms with E-state index in [2.05, 4.69) is 16.8 Å². The van der Waals surface area contributed by atoms with Crippen molar-refractivity contribution in [2.24, 2.45) is 10.2 Å². The molecule has 31 heavy (non-hydrogen) atoms. The standard InChI is InChI=1S/C23H23N3O5/c1-5-11-26-22(29)17-10-9-16(12-18(17)23(26)30)21(28)25-24-20(27)15(4)31-19-8-6-7-13(2)14(19)3/h5-10,12,15,29-30H,1,11H2,2-4H3/t15-/m0/s1. The minimum atomic E-state index is -0.923. The van der Waals surface area contributed by atoms with Gasteiger partial charge in [0.05, 0.1) is 0 Å². The van der Waals surface area contributed by atoms with Crippen LogP contribution in [0.4, 0.5) is 0 Å². The predicted octanol–water partition coefficient (Wildman–Crippen LogP) is 4.44. The van der Waals surface area contributed by atoms with E-state index >= 15 is 0 Å². The molecule has 1 atom stereocenters. The van der Waals surface area contributed by atoms with E-state index in [0.29, 0.717) is 11.1 Å². The summed E-state index contributed by atoms with van der Waals surface area (Å²) in [4.78, 5) is 24.6. The molecule has 8 nitrogen and oxygen atoms in total. The lowest BCUT2D eigenvalue weighted by molar-refractivity contribution is -0.124. The van der Waals surface area contributed by atoms with Crippen LogP contribution >= 0.6 is 0 Å². The lowest BCUT2D eigenvalue weighted by Gasteiger charge is -2.14. The van der Waals surface area contributed by atoms with Crippen LogP contribution in [-0.2, 0) is 11.3 Å². The topological polar surface area (TPSA) is 113 Å². The molecular formula is C23H23N3O5. The van der Waals surface area contributed by atoms with Crippen molar-refractivity contribution in [3.63, 3.8) is 0 Å². The zero-order valence-electron chi connectivity index (χ0n) is 17.5. The fourth-order valence-corrected chi connectivity index (χ4v) is 3.08. The quantitative estimate of drug-likeness (QED) is 0.451. The second-order valence-electron chi connectivity index (χ2n) is 7.11. The Labute approximate surface area is 179 Å². The summed E-state index contributed by atoms with van der Waals surface area (Å²) in [5, 5.41) is 28.1. The van der Waals surface area contributed by atoms with E-state index in [1.54, 1.807) is 6.07 Å². The van der Waals surface area contributed by atoms with E-state index in [4.69, 9.17) is 4.74 Å². The molecule has 1 heterocycles. The van der Waals surface area contributed by atoms with Gasteiger partial charge in [-0.1, -0.05) is 18.2 Å². The number of rotatable bonds is 6. The number of aromatic hydroxyl groups is 2. The van der Waals surface area contributed by atoms with Gasteiger partial charge in [0.1, 0.15) is 5.75 Å². The monoisotopic (exact) mass is 421 g/mol. The average molecular weight is 421 g/mol. The Morgan fingerprint density at radius 1 is 1.13 bits per heavy atom. The number of ether oxygens (including phenoxy) is 1. The van der Waals surface area contributed by atoms with Crippen molar-refractivity contribution < 1.29 is 24.5 Å². The summed E-state index contributed by atoms with van der Waals surface area (Å²) in [6, 6.07) is 9.82. The van der Waals surface area contributed by atoms with Crippen LogP contribution in [0.3, 0.4) is 0 Å². The molecule has 3 rings (SSSR count). The Kier molecular flexibility index (Phi) is 6.20. The summed E-state index contributed by atoms with van der Waals surface area (Å²) in [5.74, 6) is -1.24. The highest BCUT2D eigenvalue weighted by Crippen LogP contribution is 2.36. The van der Waals surface area contributed by atoms with E-state index in [9.17, 15) is 19.8 Å². The van der Waals surface area contributed by atoms with Crippen LogP contribution in [0.1, 0.15) is 28.4 Å². The van der Waals surface area contributed by atoms with Gasteiger partial charge < -0.3 is 14.9 Å². The molecule has 2 N–H and O–H groups in total. The minimum Gasteiger partial charge on any atom is -0.494 e. The molecule has 8 heteroatoms. The van der Waals surface area contributed by atoms with Gasteiger partial charge in [0, 0.05) is 22.9 Å². The molecular weight excluding hydrogens is 398 g/mol. The van der Waals surface area contributed by atoms with Gasteiger partial charge in [0.15, 0.2) is 6.10 Å². The van der Waals surface area contributed by atoms with Crippen LogP contribution < -0.4 is 4.74 Å². The number of benzene rings is 2. The molecule has 0 radical (unpaired) electrons. The molecule has 160 valence electrons. The van der Waals surface area contributed by atoms with Gasteiger partial charge in [0.25, 0.3) is 5.91 Å². The summed E-state index contributed by atoms with van der Waals surface area (Å²) in [6.07, 6.45) is 0.597. The summed E-state index contributed by atoms with van der Waals surface area (Å²) in [6.45, 7) is 9.13. The number of carbonyl (C=O) groups is 2. The van der Waals surface area contributed by atoms with Crippen molar-refractivity contribution in [1.29, 1.82) is 0 Å². The predicted molar refractivity (Wildman–Crippen MR) is 116 cm³/mol. The first kappa shape index (κ1) is 21.8. The van der Waals surface area contributed by atoms with Crippen molar-refractivity contribution >= 4 is 22.6 Å². The average Bonchev–Trinajstić information content (AvgIpc) is 2.99. The first-order valence-corrected chi connectivity index (χ1v) is 9.62. The van der Waals surface area contributed by atoms with Crippen LogP contribution in [-0.4, -0.2) is 32.7 Å². The van der Waals surface area contributed by atoms with Gasteiger partial charge in [-0.05, 0) is 56.2 Å². The molecule has 0 bridgehead atoms. The number of hydrogen-bond acceptors (Lipinski definition) is 5. The third-order valence-electron chi connectivity index (χ3n) is 5.02. The number of amides is 2. The number of nitrogens with zero attached hydrogens (tertiary/aromatic N) is 3. The molecule has 0 unspecified atom stereocenters. The maximum Gasteiger partial charge on any atom is 0.304 e. The van der Waals surface area contributed by atoms with Gasteiger partial charge >= 0.3 is 5.91 Å². The Hall–Kier alpha value is -3.94. The van der Waals surface area contributed by atoms with E-state index in [1.807, 2.05) is 26.0 Å². The third kappa shape index (κ3) is 4.32. The van der Waals surface area contributed by atoms with E-state index in [1.165, 1.54) is 35.8 Å². The van der Waals surface area contributed by atoms with E-state index < -0.39 is 17.9 Å². The number of aromatic nitrogens is 1. The first-order valence-electron chi connectivity index (χ1n) is 9.62. The van der Waals surface area contributed by atoms with Crippen molar-refractivity contribution in [3.05, 3.63) is 65.7 Å². The van der Waals surface area contributed by atoms with Crippen molar-refractivity contribution in [3.8, 4) is 17.5 Å². The second-order valence-corrected chi connectivity index (χ2v) is 7.11. The Morgan fingerprint density at radius 3 is 2.55 bits per heavy atom. The Morgan fingerprint density at radius 2 is 1.84 bits per heavy atom. The summed E-state index contributed by atoms with van der Waals surface area (Å²) in [5.41, 5.74) is 2.05. The summed E-state index contributed by atoms with van der Waals surface area (Å²) >= 11 is 0. The highest BCUT2D eigenvalue weighted by Gasteiger charge is 2.19. The van der Waals surface area contributed by atoms with Crippen LogP contribution in [0.5, 0.6) is 17.5 Å².